The summed E-state index contributed by atoms with van der Waals surface area (Å²) in [6.45, 7) is 7.81. The molecule has 6 nitrogen and oxygen atoms in total. The second kappa shape index (κ2) is 9.24. The summed E-state index contributed by atoms with van der Waals surface area (Å²) in [5, 5.41) is 10.3. The Hall–Kier alpha value is -3.00. The molecule has 3 heterocycles. The highest BCUT2D eigenvalue weighted by Gasteiger charge is 2.15. The summed E-state index contributed by atoms with van der Waals surface area (Å²) in [4.78, 5) is 6.11. The van der Waals surface area contributed by atoms with Crippen molar-refractivity contribution in [2.24, 2.45) is 0 Å². The molecule has 164 valence electrons. The van der Waals surface area contributed by atoms with Gasteiger partial charge in [-0.25, -0.2) is 9.29 Å². The minimum Gasteiger partial charge on any atom is -0.379 e. The number of anilines is 2. The van der Waals surface area contributed by atoms with Crippen LogP contribution in [0, 0.1) is 6.92 Å². The zero-order valence-electron chi connectivity index (χ0n) is 18.4. The quantitative estimate of drug-likeness (QED) is 0.431. The average Bonchev–Trinajstić information content (AvgIpc) is 3.31. The van der Waals surface area contributed by atoms with Crippen molar-refractivity contribution in [2.75, 3.05) is 31.6 Å². The number of aromatic nitrogens is 3. The van der Waals surface area contributed by atoms with Crippen molar-refractivity contribution in [2.45, 2.75) is 18.7 Å². The monoisotopic (exact) mass is 445 g/mol. The predicted octanol–water partition coefficient (Wildman–Crippen LogP) is 5.15. The summed E-state index contributed by atoms with van der Waals surface area (Å²) in [5.74, 6) is 0.887. The molecule has 1 saturated heterocycles. The van der Waals surface area contributed by atoms with Crippen LogP contribution in [0.2, 0.25) is 0 Å². The van der Waals surface area contributed by atoms with Crippen molar-refractivity contribution < 1.29 is 4.74 Å². The number of benzene rings is 2. The van der Waals surface area contributed by atoms with E-state index in [0.717, 1.165) is 54.7 Å². The minimum absolute atomic E-state index is 0.00972. The molecule has 0 saturated carbocycles. The predicted molar refractivity (Wildman–Crippen MR) is 133 cm³/mol. The average molecular weight is 446 g/mol. The summed E-state index contributed by atoms with van der Waals surface area (Å²) in [6.07, 6.45) is 1.78. The first-order chi connectivity index (χ1) is 15.7. The summed E-state index contributed by atoms with van der Waals surface area (Å²) < 4.78 is 9.85. The number of morpholine rings is 1. The number of hydrogen-bond donors (Lipinski definition) is 1. The molecule has 32 heavy (non-hydrogen) atoms. The zero-order chi connectivity index (χ0) is 21.9. The third-order valence-electron chi connectivity index (χ3n) is 5.51. The Bertz CT molecular complexity index is 1260. The number of ether oxygens (including phenoxy) is 1. The zero-order valence-corrected chi connectivity index (χ0v) is 19.2. The lowest BCUT2D eigenvalue weighted by Crippen LogP contribution is -2.32. The fourth-order valence-corrected chi connectivity index (χ4v) is 5.78. The molecule has 1 atom stereocenters. The van der Waals surface area contributed by atoms with Crippen molar-refractivity contribution in [3.05, 3.63) is 72.4 Å². The fourth-order valence-electron chi connectivity index (χ4n) is 3.96. The molecule has 7 heteroatoms. The van der Waals surface area contributed by atoms with Gasteiger partial charge in [-0.15, -0.1) is 0 Å². The maximum atomic E-state index is 5.52. The molecule has 2 aromatic heterocycles. The molecule has 1 aliphatic heterocycles. The highest BCUT2D eigenvalue weighted by Crippen LogP contribution is 2.32. The summed E-state index contributed by atoms with van der Waals surface area (Å²) in [5.41, 5.74) is 5.08. The first-order valence-corrected chi connectivity index (χ1v) is 12.1. The molecule has 0 aliphatic carbocycles. The third-order valence-corrected chi connectivity index (χ3v) is 7.64. The Morgan fingerprint density at radius 3 is 2.59 bits per heavy atom. The summed E-state index contributed by atoms with van der Waals surface area (Å²) in [6, 6.07) is 21.1. The van der Waals surface area contributed by atoms with Crippen LogP contribution in [0.25, 0.3) is 16.9 Å². The number of nitrogens with zero attached hydrogens (tertiary/aromatic N) is 4. The lowest BCUT2D eigenvalue weighted by Gasteiger charge is -2.30. The van der Waals surface area contributed by atoms with Gasteiger partial charge in [0, 0.05) is 41.4 Å². The van der Waals surface area contributed by atoms with Gasteiger partial charge in [0.15, 0.2) is 5.65 Å². The molecule has 1 fully saturated rings. The van der Waals surface area contributed by atoms with Crippen molar-refractivity contribution in [3.8, 4) is 11.3 Å². The molecule has 1 aliphatic rings. The van der Waals surface area contributed by atoms with Crippen LogP contribution in [-0.4, -0.2) is 50.6 Å². The van der Waals surface area contributed by atoms with Crippen LogP contribution in [-0.2, 0) is 4.74 Å². The second-order valence-corrected chi connectivity index (χ2v) is 9.83. The molecule has 1 unspecified atom stereocenters. The van der Waals surface area contributed by atoms with Crippen LogP contribution >= 0.6 is 10.7 Å². The van der Waals surface area contributed by atoms with E-state index in [2.05, 4.69) is 88.5 Å². The number of fused-ring (bicyclic) bond motifs is 1. The van der Waals surface area contributed by atoms with Gasteiger partial charge in [-0.2, -0.15) is 9.61 Å². The van der Waals surface area contributed by atoms with Crippen molar-refractivity contribution in [1.29, 1.82) is 0 Å². The van der Waals surface area contributed by atoms with Crippen LogP contribution in [0.3, 0.4) is 0 Å². The van der Waals surface area contributed by atoms with Crippen molar-refractivity contribution in [3.63, 3.8) is 0 Å². The number of aryl methyl sites for hydroxylation is 1. The van der Waals surface area contributed by atoms with E-state index in [1.165, 1.54) is 10.5 Å². The lowest BCUT2D eigenvalue weighted by molar-refractivity contribution is 0.0771. The van der Waals surface area contributed by atoms with E-state index in [9.17, 15) is 0 Å². The van der Waals surface area contributed by atoms with E-state index in [1.807, 2.05) is 10.6 Å². The van der Waals surface area contributed by atoms with Crippen LogP contribution in [0.1, 0.15) is 12.5 Å². The standard InChI is InChI=1S/C25H27N5OS/c1-3-32(29-13-15-31-16-14-29)22-9-7-21(8-10-22)27-25-18-23(20-6-4-5-19(2)17-20)28-24-11-12-26-30(24)25/h3-12,17-18,27H,13-16H2,1-2H3. The Morgan fingerprint density at radius 2 is 1.84 bits per heavy atom. The maximum Gasteiger partial charge on any atom is 0.157 e. The van der Waals surface area contributed by atoms with E-state index in [-0.39, 0.29) is 10.7 Å². The highest BCUT2D eigenvalue weighted by molar-refractivity contribution is 8.13. The second-order valence-electron chi connectivity index (χ2n) is 7.74. The molecule has 0 radical (unpaired) electrons. The van der Waals surface area contributed by atoms with Crippen molar-refractivity contribution >= 4 is 33.2 Å². The van der Waals surface area contributed by atoms with Gasteiger partial charge < -0.3 is 10.1 Å². The first-order valence-electron chi connectivity index (χ1n) is 10.9. The van der Waals surface area contributed by atoms with Crippen LogP contribution in [0.5, 0.6) is 0 Å². The van der Waals surface area contributed by atoms with Gasteiger partial charge in [0.1, 0.15) is 5.82 Å². The van der Waals surface area contributed by atoms with Gasteiger partial charge in [0.2, 0.25) is 0 Å². The largest absolute Gasteiger partial charge is 0.379 e. The van der Waals surface area contributed by atoms with Gasteiger partial charge in [0.25, 0.3) is 0 Å². The van der Waals surface area contributed by atoms with Crippen LogP contribution in [0.4, 0.5) is 11.5 Å². The van der Waals surface area contributed by atoms with Crippen LogP contribution < -0.4 is 5.32 Å². The molecule has 0 amide bonds. The first kappa shape index (κ1) is 20.9. The smallest absolute Gasteiger partial charge is 0.157 e. The van der Waals surface area contributed by atoms with E-state index in [4.69, 9.17) is 9.72 Å². The lowest BCUT2D eigenvalue weighted by atomic mass is 10.1. The number of hydrogen-bond acceptors (Lipinski definition) is 5. The Morgan fingerprint density at radius 1 is 1.03 bits per heavy atom. The highest BCUT2D eigenvalue weighted by atomic mass is 32.2. The number of nitrogens with one attached hydrogen (secondary N) is 1. The molecule has 2 aromatic carbocycles. The van der Waals surface area contributed by atoms with E-state index < -0.39 is 0 Å². The van der Waals surface area contributed by atoms with E-state index in [0.29, 0.717) is 0 Å². The molecule has 1 N–H and O–H groups in total. The molecule has 4 aromatic rings. The van der Waals surface area contributed by atoms with Crippen LogP contribution in [0.15, 0.2) is 71.8 Å². The van der Waals surface area contributed by atoms with Gasteiger partial charge in [0.05, 0.1) is 25.1 Å². The Balaban J connectivity index is 1.43. The molecular weight excluding hydrogens is 418 g/mol. The van der Waals surface area contributed by atoms with Gasteiger partial charge in [-0.3, -0.25) is 0 Å². The topological polar surface area (TPSA) is 54.7 Å². The third kappa shape index (κ3) is 4.32. The van der Waals surface area contributed by atoms with Crippen molar-refractivity contribution in [1.82, 2.24) is 18.9 Å². The van der Waals surface area contributed by atoms with E-state index in [1.54, 1.807) is 6.20 Å². The fraction of sp³-hybridized carbons (Fsp3) is 0.240. The summed E-state index contributed by atoms with van der Waals surface area (Å²) in [7, 11) is -0.00972. The SMILES string of the molecule is C/C=S(\c1ccc(Nc2cc(-c3cccc(C)c3)nc3ccnn23)cc1)N1CCOCC1. The summed E-state index contributed by atoms with van der Waals surface area (Å²) >= 11 is 0. The Labute approximate surface area is 190 Å². The molecular formula is C25H27N5OS. The maximum absolute atomic E-state index is 5.52. The normalized spacial score (nSPS) is 15.8. The molecule has 0 spiro atoms. The Kier molecular flexibility index (Phi) is 6.03. The molecule has 5 rings (SSSR count). The molecule has 0 bridgehead atoms. The van der Waals surface area contributed by atoms with E-state index >= 15 is 0 Å². The number of rotatable bonds is 5. The van der Waals surface area contributed by atoms with Gasteiger partial charge in [-0.05, 0) is 49.5 Å². The minimum atomic E-state index is -0.00972. The van der Waals surface area contributed by atoms with Gasteiger partial charge in [-0.1, -0.05) is 34.4 Å². The van der Waals surface area contributed by atoms with Gasteiger partial charge >= 0.3 is 0 Å².